The molecule has 0 aliphatic carbocycles. The van der Waals surface area contributed by atoms with E-state index < -0.39 is 11.4 Å². The molecule has 0 radical (unpaired) electrons. The number of amides is 1. The molecule has 0 heterocycles. The maximum absolute atomic E-state index is 11.8. The molecule has 3 N–H and O–H groups in total. The third-order valence-electron chi connectivity index (χ3n) is 3.08. The summed E-state index contributed by atoms with van der Waals surface area (Å²) >= 11 is 3.38. The lowest BCUT2D eigenvalue weighted by atomic mass is 9.91. The van der Waals surface area contributed by atoms with Gasteiger partial charge in [-0.3, -0.25) is 4.79 Å². The number of nitrogens with two attached hydrogens (primary N) is 1. The van der Waals surface area contributed by atoms with Gasteiger partial charge >= 0.3 is 0 Å². The topological polar surface area (TPSA) is 55.1 Å². The third kappa shape index (κ3) is 2.96. The molecule has 1 amide bonds. The van der Waals surface area contributed by atoms with Crippen molar-refractivity contribution in [3.8, 4) is 0 Å². The molecule has 98 valence electrons. The van der Waals surface area contributed by atoms with Gasteiger partial charge in [0.15, 0.2) is 0 Å². The predicted molar refractivity (Wildman–Crippen MR) is 80.8 cm³/mol. The van der Waals surface area contributed by atoms with Crippen molar-refractivity contribution in [1.29, 1.82) is 0 Å². The zero-order valence-electron chi connectivity index (χ0n) is 10.6. The first-order chi connectivity index (χ1) is 9.02. The molecule has 1 unspecified atom stereocenters. The van der Waals surface area contributed by atoms with Gasteiger partial charge in [-0.2, -0.15) is 0 Å². The summed E-state index contributed by atoms with van der Waals surface area (Å²) in [7, 11) is 0. The van der Waals surface area contributed by atoms with Crippen molar-refractivity contribution in [2.24, 2.45) is 5.73 Å². The molecule has 2 rings (SSSR count). The lowest BCUT2D eigenvalue weighted by molar-refractivity contribution is -0.122. The normalized spacial score (nSPS) is 13.6. The largest absolute Gasteiger partial charge is 0.368 e. The number of nitrogens with one attached hydrogen (secondary N) is 1. The highest BCUT2D eigenvalue weighted by Gasteiger charge is 2.32. The number of carbonyl (C=O) groups excluding carboxylic acids is 1. The molecule has 0 aromatic heterocycles. The van der Waals surface area contributed by atoms with E-state index in [2.05, 4.69) is 21.2 Å². The van der Waals surface area contributed by atoms with E-state index in [1.54, 1.807) is 6.92 Å². The number of anilines is 1. The van der Waals surface area contributed by atoms with Crippen LogP contribution in [0.2, 0.25) is 0 Å². The molecule has 0 saturated carbocycles. The first kappa shape index (κ1) is 13.6. The number of benzene rings is 2. The molecule has 0 aliphatic rings. The molecule has 0 aliphatic heterocycles. The fraction of sp³-hybridized carbons (Fsp3) is 0.133. The maximum atomic E-state index is 11.8. The van der Waals surface area contributed by atoms with E-state index in [4.69, 9.17) is 5.73 Å². The van der Waals surface area contributed by atoms with Crippen molar-refractivity contribution in [1.82, 2.24) is 0 Å². The number of rotatable bonds is 4. The van der Waals surface area contributed by atoms with Crippen molar-refractivity contribution < 1.29 is 4.79 Å². The van der Waals surface area contributed by atoms with Gasteiger partial charge in [0.2, 0.25) is 5.91 Å². The first-order valence-electron chi connectivity index (χ1n) is 5.91. The quantitative estimate of drug-likeness (QED) is 0.909. The molecule has 2 aromatic rings. The Hall–Kier alpha value is -1.81. The Kier molecular flexibility index (Phi) is 3.90. The molecule has 1 atom stereocenters. The number of halogens is 1. The highest BCUT2D eigenvalue weighted by molar-refractivity contribution is 9.10. The summed E-state index contributed by atoms with van der Waals surface area (Å²) in [5, 5.41) is 3.20. The predicted octanol–water partition coefficient (Wildman–Crippen LogP) is 3.26. The summed E-state index contributed by atoms with van der Waals surface area (Å²) in [6.07, 6.45) is 0. The van der Waals surface area contributed by atoms with Gasteiger partial charge in [-0.05, 0) is 36.8 Å². The lowest BCUT2D eigenvalue weighted by Crippen LogP contribution is -2.45. The van der Waals surface area contributed by atoms with Gasteiger partial charge in [0.05, 0.1) is 0 Å². The summed E-state index contributed by atoms with van der Waals surface area (Å²) in [6.45, 7) is 1.78. The van der Waals surface area contributed by atoms with E-state index in [-0.39, 0.29) is 0 Å². The van der Waals surface area contributed by atoms with Crippen LogP contribution in [0.25, 0.3) is 0 Å². The molecule has 0 fully saturated rings. The van der Waals surface area contributed by atoms with Crippen LogP contribution in [0, 0.1) is 0 Å². The Morgan fingerprint density at radius 2 is 1.68 bits per heavy atom. The molecule has 0 spiro atoms. The zero-order chi connectivity index (χ0) is 13.9. The Morgan fingerprint density at radius 1 is 1.11 bits per heavy atom. The molecule has 0 bridgehead atoms. The summed E-state index contributed by atoms with van der Waals surface area (Å²) < 4.78 is 0.985. The van der Waals surface area contributed by atoms with E-state index in [0.29, 0.717) is 0 Å². The van der Waals surface area contributed by atoms with Gasteiger partial charge in [-0.25, -0.2) is 0 Å². The minimum Gasteiger partial charge on any atom is -0.368 e. The Morgan fingerprint density at radius 3 is 2.21 bits per heavy atom. The Bertz CT molecular complexity index is 568. The minimum absolute atomic E-state index is 0.415. The van der Waals surface area contributed by atoms with Crippen molar-refractivity contribution in [3.05, 3.63) is 64.6 Å². The fourth-order valence-electron chi connectivity index (χ4n) is 1.87. The molecule has 2 aromatic carbocycles. The smallest absolute Gasteiger partial charge is 0.247 e. The molecular formula is C15H15BrN2O. The Labute approximate surface area is 121 Å². The fourth-order valence-corrected chi connectivity index (χ4v) is 2.13. The summed E-state index contributed by atoms with van der Waals surface area (Å²) in [4.78, 5) is 11.8. The van der Waals surface area contributed by atoms with E-state index in [0.717, 1.165) is 15.7 Å². The number of hydrogen-bond donors (Lipinski definition) is 2. The maximum Gasteiger partial charge on any atom is 0.247 e. The van der Waals surface area contributed by atoms with Crippen molar-refractivity contribution in [2.45, 2.75) is 12.5 Å². The highest BCUT2D eigenvalue weighted by Crippen LogP contribution is 2.26. The SMILES string of the molecule is CC(Nc1ccc(Br)cc1)(C(N)=O)c1ccccc1. The van der Waals surface area contributed by atoms with Crippen molar-refractivity contribution in [3.63, 3.8) is 0 Å². The summed E-state index contributed by atoms with van der Waals surface area (Å²) in [6, 6.07) is 17.1. The van der Waals surface area contributed by atoms with E-state index in [1.807, 2.05) is 54.6 Å². The van der Waals surface area contributed by atoms with Crippen LogP contribution in [0.4, 0.5) is 5.69 Å². The van der Waals surface area contributed by atoms with Crippen LogP contribution in [0.1, 0.15) is 12.5 Å². The van der Waals surface area contributed by atoms with Crippen LogP contribution >= 0.6 is 15.9 Å². The standard InChI is InChI=1S/C15H15BrN2O/c1-15(14(17)19,11-5-3-2-4-6-11)18-13-9-7-12(16)8-10-13/h2-10,18H,1H3,(H2,17,19). The second-order valence-corrected chi connectivity index (χ2v) is 5.40. The van der Waals surface area contributed by atoms with Crippen LogP contribution in [0.5, 0.6) is 0 Å². The average molecular weight is 319 g/mol. The highest BCUT2D eigenvalue weighted by atomic mass is 79.9. The minimum atomic E-state index is -0.935. The first-order valence-corrected chi connectivity index (χ1v) is 6.71. The van der Waals surface area contributed by atoms with E-state index in [1.165, 1.54) is 0 Å². The number of carbonyl (C=O) groups is 1. The van der Waals surface area contributed by atoms with Gasteiger partial charge in [-0.15, -0.1) is 0 Å². The zero-order valence-corrected chi connectivity index (χ0v) is 12.1. The molecule has 3 nitrogen and oxygen atoms in total. The Balaban J connectivity index is 2.36. The van der Waals surface area contributed by atoms with Crippen LogP contribution in [0.3, 0.4) is 0 Å². The summed E-state index contributed by atoms with van der Waals surface area (Å²) in [5.41, 5.74) is 6.31. The molecule has 0 saturated heterocycles. The number of primary amides is 1. The summed E-state index contributed by atoms with van der Waals surface area (Å²) in [5.74, 6) is -0.415. The van der Waals surface area contributed by atoms with Gasteiger partial charge in [-0.1, -0.05) is 46.3 Å². The van der Waals surface area contributed by atoms with Gasteiger partial charge in [0.1, 0.15) is 5.54 Å². The van der Waals surface area contributed by atoms with Crippen LogP contribution < -0.4 is 11.1 Å². The van der Waals surface area contributed by atoms with Crippen LogP contribution in [-0.4, -0.2) is 5.91 Å². The van der Waals surface area contributed by atoms with Crippen molar-refractivity contribution >= 4 is 27.5 Å². The second kappa shape index (κ2) is 5.45. The average Bonchev–Trinajstić information content (AvgIpc) is 2.42. The lowest BCUT2D eigenvalue weighted by Gasteiger charge is -2.29. The third-order valence-corrected chi connectivity index (χ3v) is 3.61. The second-order valence-electron chi connectivity index (χ2n) is 4.49. The van der Waals surface area contributed by atoms with Gasteiger partial charge in [0, 0.05) is 10.2 Å². The molecule has 4 heteroatoms. The monoisotopic (exact) mass is 318 g/mol. The van der Waals surface area contributed by atoms with E-state index in [9.17, 15) is 4.79 Å². The molecular weight excluding hydrogens is 304 g/mol. The van der Waals surface area contributed by atoms with Crippen LogP contribution in [-0.2, 0) is 10.3 Å². The van der Waals surface area contributed by atoms with Gasteiger partial charge < -0.3 is 11.1 Å². The molecule has 19 heavy (non-hydrogen) atoms. The van der Waals surface area contributed by atoms with Crippen molar-refractivity contribution in [2.75, 3.05) is 5.32 Å². The van der Waals surface area contributed by atoms with Gasteiger partial charge in [0.25, 0.3) is 0 Å². The van der Waals surface area contributed by atoms with E-state index >= 15 is 0 Å². The number of hydrogen-bond acceptors (Lipinski definition) is 2. The van der Waals surface area contributed by atoms with Crippen LogP contribution in [0.15, 0.2) is 59.1 Å².